The maximum absolute atomic E-state index is 11.9. The topological polar surface area (TPSA) is 125 Å². The monoisotopic (exact) mass is 501 g/mol. The number of nitrogens with zero attached hydrogens (tertiary/aromatic N) is 7. The molecule has 2 N–H and O–H groups in total. The van der Waals surface area contributed by atoms with Crippen LogP contribution in [-0.4, -0.2) is 84.6 Å². The standard InChI is InChI=1S/C26H31N9O2/c1-4-37-26(36)33-25-31-21-13-18(12-20(23(21)32-25)24-27-6-5-7-28-24)19-14-29-22(30-15-19)16-34-8-10-35(11-9-34)17(2)3/h5-7,12-15,17H,4,8-11,16H2,1-3H3,(H2,31,32,33,36). The average Bonchev–Trinajstić information content (AvgIpc) is 3.31. The van der Waals surface area contributed by atoms with Gasteiger partial charge >= 0.3 is 6.09 Å². The molecule has 1 fully saturated rings. The third-order valence-corrected chi connectivity index (χ3v) is 6.44. The number of hydrogen-bond acceptors (Lipinski definition) is 9. The summed E-state index contributed by atoms with van der Waals surface area (Å²) in [6, 6.07) is 6.25. The Morgan fingerprint density at radius 3 is 2.46 bits per heavy atom. The van der Waals surface area contributed by atoms with E-state index in [2.05, 4.69) is 58.9 Å². The average molecular weight is 502 g/mol. The van der Waals surface area contributed by atoms with Gasteiger partial charge in [-0.05, 0) is 44.5 Å². The summed E-state index contributed by atoms with van der Waals surface area (Å²) in [5.74, 6) is 1.63. The number of amides is 1. The highest BCUT2D eigenvalue weighted by atomic mass is 16.5. The first-order valence-electron chi connectivity index (χ1n) is 12.5. The summed E-state index contributed by atoms with van der Waals surface area (Å²) in [6.07, 6.45) is 6.48. The molecule has 37 heavy (non-hydrogen) atoms. The predicted octanol–water partition coefficient (Wildman–Crippen LogP) is 3.57. The highest BCUT2D eigenvalue weighted by molar-refractivity contribution is 5.96. The third kappa shape index (κ3) is 5.73. The summed E-state index contributed by atoms with van der Waals surface area (Å²) in [6.45, 7) is 11.4. The van der Waals surface area contributed by atoms with Crippen molar-refractivity contribution in [1.82, 2.24) is 39.7 Å². The molecule has 1 aromatic carbocycles. The van der Waals surface area contributed by atoms with Gasteiger partial charge in [-0.25, -0.2) is 29.7 Å². The van der Waals surface area contributed by atoms with E-state index in [0.717, 1.165) is 55.2 Å². The Labute approximate surface area is 215 Å². The van der Waals surface area contributed by atoms with E-state index in [-0.39, 0.29) is 12.6 Å². The molecular formula is C26H31N9O2. The minimum atomic E-state index is -0.575. The van der Waals surface area contributed by atoms with E-state index in [4.69, 9.17) is 4.74 Å². The second-order valence-electron chi connectivity index (χ2n) is 9.22. The number of carbonyl (C=O) groups excluding carboxylic acids is 1. The molecule has 1 amide bonds. The molecule has 4 aromatic rings. The second-order valence-corrected chi connectivity index (χ2v) is 9.22. The second kappa shape index (κ2) is 11.0. The van der Waals surface area contributed by atoms with Crippen molar-refractivity contribution in [1.29, 1.82) is 0 Å². The van der Waals surface area contributed by atoms with Crippen molar-refractivity contribution >= 4 is 23.1 Å². The normalized spacial score (nSPS) is 14.8. The fraction of sp³-hybridized carbons (Fsp3) is 0.385. The number of carbonyl (C=O) groups is 1. The number of imidazole rings is 1. The van der Waals surface area contributed by atoms with Crippen molar-refractivity contribution in [3.8, 4) is 22.5 Å². The number of benzene rings is 1. The van der Waals surface area contributed by atoms with E-state index in [0.29, 0.717) is 22.9 Å². The van der Waals surface area contributed by atoms with Crippen LogP contribution in [0.15, 0.2) is 43.0 Å². The molecule has 1 aliphatic heterocycles. The lowest BCUT2D eigenvalue weighted by molar-refractivity contribution is 0.102. The predicted molar refractivity (Wildman–Crippen MR) is 141 cm³/mol. The zero-order valence-electron chi connectivity index (χ0n) is 21.3. The van der Waals surface area contributed by atoms with Crippen molar-refractivity contribution in [3.63, 3.8) is 0 Å². The third-order valence-electron chi connectivity index (χ3n) is 6.44. The molecule has 0 unspecified atom stereocenters. The Morgan fingerprint density at radius 2 is 1.78 bits per heavy atom. The molecule has 0 saturated carbocycles. The number of rotatable bonds is 7. The van der Waals surface area contributed by atoms with Crippen LogP contribution in [0.25, 0.3) is 33.5 Å². The number of aromatic amines is 1. The van der Waals surface area contributed by atoms with Gasteiger partial charge in [0.15, 0.2) is 5.82 Å². The van der Waals surface area contributed by atoms with Gasteiger partial charge < -0.3 is 9.72 Å². The zero-order chi connectivity index (χ0) is 25.8. The first-order chi connectivity index (χ1) is 18.0. The van der Waals surface area contributed by atoms with Crippen LogP contribution in [0, 0.1) is 0 Å². The number of piperazine rings is 1. The van der Waals surface area contributed by atoms with Crippen LogP contribution in [0.3, 0.4) is 0 Å². The van der Waals surface area contributed by atoms with Crippen LogP contribution in [0.2, 0.25) is 0 Å². The molecule has 0 bridgehead atoms. The largest absolute Gasteiger partial charge is 0.450 e. The van der Waals surface area contributed by atoms with Crippen molar-refractivity contribution in [2.24, 2.45) is 0 Å². The summed E-state index contributed by atoms with van der Waals surface area (Å²) in [4.78, 5) is 42.6. The van der Waals surface area contributed by atoms with Crippen LogP contribution in [-0.2, 0) is 11.3 Å². The fourth-order valence-corrected chi connectivity index (χ4v) is 4.44. The number of fused-ring (bicyclic) bond motifs is 1. The van der Waals surface area contributed by atoms with Crippen LogP contribution in [0.5, 0.6) is 0 Å². The van der Waals surface area contributed by atoms with Gasteiger partial charge in [-0.1, -0.05) is 0 Å². The highest BCUT2D eigenvalue weighted by Crippen LogP contribution is 2.32. The molecule has 5 rings (SSSR count). The van der Waals surface area contributed by atoms with Crippen molar-refractivity contribution < 1.29 is 9.53 Å². The fourth-order valence-electron chi connectivity index (χ4n) is 4.44. The number of nitrogens with one attached hydrogen (secondary N) is 2. The molecule has 11 heteroatoms. The number of aromatic nitrogens is 6. The molecule has 11 nitrogen and oxygen atoms in total. The lowest BCUT2D eigenvalue weighted by Crippen LogP contribution is -2.48. The van der Waals surface area contributed by atoms with Gasteiger partial charge in [0.2, 0.25) is 5.95 Å². The van der Waals surface area contributed by atoms with Crippen LogP contribution in [0.1, 0.15) is 26.6 Å². The van der Waals surface area contributed by atoms with E-state index in [1.165, 1.54) is 0 Å². The quantitative estimate of drug-likeness (QED) is 0.391. The maximum Gasteiger partial charge on any atom is 0.413 e. The van der Waals surface area contributed by atoms with Crippen LogP contribution in [0.4, 0.5) is 10.7 Å². The molecule has 3 aromatic heterocycles. The molecular weight excluding hydrogens is 470 g/mol. The van der Waals surface area contributed by atoms with Crippen molar-refractivity contribution in [2.45, 2.75) is 33.4 Å². The van der Waals surface area contributed by atoms with Gasteiger partial charge in [-0.2, -0.15) is 0 Å². The van der Waals surface area contributed by atoms with Gasteiger partial charge in [-0.3, -0.25) is 15.1 Å². The molecule has 0 spiro atoms. The summed E-state index contributed by atoms with van der Waals surface area (Å²) < 4.78 is 4.97. The van der Waals surface area contributed by atoms with Crippen LogP contribution >= 0.6 is 0 Å². The Morgan fingerprint density at radius 1 is 1.05 bits per heavy atom. The molecule has 1 aliphatic rings. The molecule has 4 heterocycles. The zero-order valence-corrected chi connectivity index (χ0v) is 21.3. The van der Waals surface area contributed by atoms with Crippen molar-refractivity contribution in [2.75, 3.05) is 38.1 Å². The molecule has 0 atom stereocenters. The SMILES string of the molecule is CCOC(=O)Nc1nc2cc(-c3cnc(CN4CCN(C(C)C)CC4)nc3)cc(-c3ncccn3)c2[nH]1. The molecule has 1 saturated heterocycles. The lowest BCUT2D eigenvalue weighted by Gasteiger charge is -2.36. The minimum absolute atomic E-state index is 0.267. The van der Waals surface area contributed by atoms with E-state index in [1.807, 2.05) is 24.5 Å². The molecule has 0 radical (unpaired) electrons. The lowest BCUT2D eigenvalue weighted by atomic mass is 10.0. The van der Waals surface area contributed by atoms with Gasteiger partial charge in [0, 0.05) is 68.1 Å². The minimum Gasteiger partial charge on any atom is -0.450 e. The number of anilines is 1. The Hall–Kier alpha value is -3.96. The Bertz CT molecular complexity index is 1350. The van der Waals surface area contributed by atoms with Gasteiger partial charge in [0.05, 0.1) is 24.2 Å². The summed E-state index contributed by atoms with van der Waals surface area (Å²) in [5, 5.41) is 2.62. The maximum atomic E-state index is 11.9. The van der Waals surface area contributed by atoms with E-state index < -0.39 is 6.09 Å². The van der Waals surface area contributed by atoms with Gasteiger partial charge in [0.1, 0.15) is 5.82 Å². The molecule has 0 aliphatic carbocycles. The molecule has 192 valence electrons. The smallest absolute Gasteiger partial charge is 0.413 e. The number of ether oxygens (including phenoxy) is 1. The summed E-state index contributed by atoms with van der Waals surface area (Å²) in [7, 11) is 0. The summed E-state index contributed by atoms with van der Waals surface area (Å²) in [5.41, 5.74) is 3.85. The van der Waals surface area contributed by atoms with E-state index in [9.17, 15) is 4.79 Å². The number of H-pyrrole nitrogens is 1. The Balaban J connectivity index is 1.40. The van der Waals surface area contributed by atoms with E-state index >= 15 is 0 Å². The van der Waals surface area contributed by atoms with Gasteiger partial charge in [0.25, 0.3) is 0 Å². The van der Waals surface area contributed by atoms with Crippen molar-refractivity contribution in [3.05, 3.63) is 48.8 Å². The number of hydrogen-bond donors (Lipinski definition) is 2. The first-order valence-corrected chi connectivity index (χ1v) is 12.5. The first kappa shape index (κ1) is 24.7. The van der Waals surface area contributed by atoms with Gasteiger partial charge in [-0.15, -0.1) is 0 Å². The van der Waals surface area contributed by atoms with Crippen LogP contribution < -0.4 is 5.32 Å². The highest BCUT2D eigenvalue weighted by Gasteiger charge is 2.20. The van der Waals surface area contributed by atoms with E-state index in [1.54, 1.807) is 25.4 Å². The Kier molecular flexibility index (Phi) is 7.33. The summed E-state index contributed by atoms with van der Waals surface area (Å²) >= 11 is 0.